The number of hydrogen-bond acceptors (Lipinski definition) is 10. The predicted octanol–water partition coefficient (Wildman–Crippen LogP) is -1.67. The van der Waals surface area contributed by atoms with Crippen LogP contribution in [-0.4, -0.2) is 68.0 Å². The molecule has 0 unspecified atom stereocenters. The number of amides is 2. The first-order chi connectivity index (χ1) is 16.7. The summed E-state index contributed by atoms with van der Waals surface area (Å²) in [6, 6.07) is 6.86. The summed E-state index contributed by atoms with van der Waals surface area (Å²) in [7, 11) is 7.09. The Morgan fingerprint density at radius 1 is 1.23 bits per heavy atom. The van der Waals surface area contributed by atoms with Gasteiger partial charge in [0.15, 0.2) is 23.1 Å². The van der Waals surface area contributed by atoms with Crippen molar-refractivity contribution in [1.29, 1.82) is 0 Å². The predicted molar refractivity (Wildman–Crippen MR) is 137 cm³/mol. The molecule has 0 atom stereocenters. The van der Waals surface area contributed by atoms with E-state index in [1.807, 2.05) is 23.5 Å². The van der Waals surface area contributed by atoms with Gasteiger partial charge in [-0.05, 0) is 30.2 Å². The van der Waals surface area contributed by atoms with Crippen LogP contribution >= 0.6 is 0 Å². The smallest absolute Gasteiger partial charge is 0.272 e. The molecule has 1 fully saturated rings. The zero-order valence-electron chi connectivity index (χ0n) is 20.0. The van der Waals surface area contributed by atoms with Gasteiger partial charge in [0.05, 0.1) is 30.6 Å². The molecule has 12 nitrogen and oxygen atoms in total. The maximum Gasteiger partial charge on any atom is 0.272 e. The van der Waals surface area contributed by atoms with E-state index in [9.17, 15) is 9.59 Å². The third-order valence-corrected chi connectivity index (χ3v) is 5.07. The van der Waals surface area contributed by atoms with Crippen molar-refractivity contribution in [3.63, 3.8) is 0 Å². The highest BCUT2D eigenvalue weighted by molar-refractivity contribution is 6.60. The molecule has 4 rings (SSSR count). The monoisotopic (exact) mass is 474 g/mol. The van der Waals surface area contributed by atoms with Gasteiger partial charge in [0.2, 0.25) is 5.91 Å². The first-order valence-electron chi connectivity index (χ1n) is 11.2. The summed E-state index contributed by atoms with van der Waals surface area (Å²) in [5, 5.41) is 20.3. The lowest BCUT2D eigenvalue weighted by Gasteiger charge is -2.21. The fraction of sp³-hybridized carbons (Fsp3) is 0.300. The average Bonchev–Trinajstić information content (AvgIpc) is 3.55. The number of nitrogens with two attached hydrogens (primary N) is 1. The Morgan fingerprint density at radius 2 is 2.00 bits per heavy atom. The number of carbonyl (C=O) groups is 2. The highest BCUT2D eigenvalue weighted by Crippen LogP contribution is 2.38. The van der Waals surface area contributed by atoms with Gasteiger partial charge in [0.25, 0.3) is 11.8 Å². The van der Waals surface area contributed by atoms with Gasteiger partial charge in [0, 0.05) is 12.0 Å². The van der Waals surface area contributed by atoms with E-state index in [-0.39, 0.29) is 35.8 Å². The Bertz CT molecular complexity index is 1260. The molecule has 5 N–H and O–H groups in total. The molecular formula is C20H25B3N8O4. The summed E-state index contributed by atoms with van der Waals surface area (Å²) in [6.45, 7) is 0.133. The summed E-state index contributed by atoms with van der Waals surface area (Å²) in [6.07, 6.45) is 1.70. The molecule has 2 aromatic heterocycles. The number of carbonyl (C=O) groups excluding carboxylic acids is 2. The number of benzene rings is 1. The molecule has 178 valence electrons. The molecular weight excluding hydrogens is 449 g/mol. The molecule has 0 aliphatic heterocycles. The van der Waals surface area contributed by atoms with Crippen molar-refractivity contribution in [2.45, 2.75) is 24.6 Å². The number of nitrogens with zero attached hydrogens (tertiary/aromatic N) is 4. The number of rotatable bonds is 9. The van der Waals surface area contributed by atoms with Gasteiger partial charge in [0.1, 0.15) is 23.5 Å². The van der Waals surface area contributed by atoms with Crippen molar-refractivity contribution in [2.75, 3.05) is 17.7 Å². The van der Waals surface area contributed by atoms with Gasteiger partial charge in [-0.2, -0.15) is 4.98 Å². The van der Waals surface area contributed by atoms with Crippen LogP contribution < -0.4 is 26.4 Å². The van der Waals surface area contributed by atoms with Crippen molar-refractivity contribution in [2.24, 2.45) is 11.7 Å². The highest BCUT2D eigenvalue weighted by atomic mass is 16.5. The van der Waals surface area contributed by atoms with E-state index in [1.54, 1.807) is 24.3 Å². The number of nitrogens with one attached hydrogen (secondary N) is 3. The Hall–Kier alpha value is -3.87. The zero-order chi connectivity index (χ0) is 25.2. The molecule has 35 heavy (non-hydrogen) atoms. The Balaban J connectivity index is 1.72. The van der Waals surface area contributed by atoms with Crippen LogP contribution in [0.4, 0.5) is 17.2 Å². The van der Waals surface area contributed by atoms with Crippen molar-refractivity contribution < 1.29 is 18.8 Å². The van der Waals surface area contributed by atoms with Crippen molar-refractivity contribution in [3.8, 4) is 17.2 Å². The second-order valence-corrected chi connectivity index (χ2v) is 9.19. The van der Waals surface area contributed by atoms with Crippen LogP contribution in [0.1, 0.15) is 29.2 Å². The molecule has 0 radical (unpaired) electrons. The van der Waals surface area contributed by atoms with Gasteiger partial charge in [-0.3, -0.25) is 9.59 Å². The topological polar surface area (TPSA) is 170 Å². The Kier molecular flexibility index (Phi) is 6.78. The van der Waals surface area contributed by atoms with Crippen LogP contribution in [0.5, 0.6) is 5.75 Å². The highest BCUT2D eigenvalue weighted by Gasteiger charge is 2.30. The lowest BCUT2D eigenvalue weighted by Crippen LogP contribution is -2.50. The molecule has 1 aromatic carbocycles. The molecule has 2 amide bonds. The fourth-order valence-corrected chi connectivity index (χ4v) is 3.30. The standard InChI is InChI=1S/C20H25B3N8O4/c1-34-16-10(19-27-14(8-24)31-35-19)3-2-4-11(16)25-12-7-13(26-17(32)9-5-6-9)29-30-15(12)18(33)28-20(21,22)23/h2-4,7,9H,5-6,8,21-24H2,1H3,(H,28,33)(H2,25,26,29,32). The van der Waals surface area contributed by atoms with E-state index < -0.39 is 11.1 Å². The van der Waals surface area contributed by atoms with Gasteiger partial charge in [-0.25, -0.2) is 0 Å². The lowest BCUT2D eigenvalue weighted by molar-refractivity contribution is -0.117. The van der Waals surface area contributed by atoms with Crippen molar-refractivity contribution in [3.05, 3.63) is 35.8 Å². The Morgan fingerprint density at radius 3 is 2.63 bits per heavy atom. The first kappa shape index (κ1) is 24.3. The van der Waals surface area contributed by atoms with Crippen molar-refractivity contribution >= 4 is 52.5 Å². The van der Waals surface area contributed by atoms with Crippen molar-refractivity contribution in [1.82, 2.24) is 25.7 Å². The second-order valence-electron chi connectivity index (χ2n) is 9.19. The van der Waals surface area contributed by atoms with Gasteiger partial charge in [-0.15, -0.1) is 10.2 Å². The maximum atomic E-state index is 13.0. The van der Waals surface area contributed by atoms with E-state index in [1.165, 1.54) is 7.11 Å². The molecule has 0 saturated heterocycles. The number of aromatic nitrogens is 4. The normalized spacial score (nSPS) is 13.2. The summed E-state index contributed by atoms with van der Waals surface area (Å²) in [4.78, 5) is 29.5. The first-order valence-corrected chi connectivity index (χ1v) is 11.2. The molecule has 2 heterocycles. The molecule has 0 spiro atoms. The summed E-state index contributed by atoms with van der Waals surface area (Å²) >= 11 is 0. The molecule has 1 aliphatic carbocycles. The molecule has 1 saturated carbocycles. The largest absolute Gasteiger partial charge is 0.494 e. The van der Waals surface area contributed by atoms with Gasteiger partial charge in [-0.1, -0.05) is 11.2 Å². The molecule has 0 bridgehead atoms. The minimum Gasteiger partial charge on any atom is -0.494 e. The molecule has 3 aromatic rings. The molecule has 1 aliphatic rings. The number of anilines is 3. The number of ether oxygens (including phenoxy) is 1. The Labute approximate surface area is 204 Å². The summed E-state index contributed by atoms with van der Waals surface area (Å²) in [5.41, 5.74) is 7.03. The zero-order valence-corrected chi connectivity index (χ0v) is 20.0. The summed E-state index contributed by atoms with van der Waals surface area (Å²) in [5.74, 6) is 0.675. The van der Waals surface area contributed by atoms with Crippen LogP contribution in [0, 0.1) is 5.92 Å². The number of hydrogen-bond donors (Lipinski definition) is 4. The van der Waals surface area contributed by atoms with E-state index in [4.69, 9.17) is 15.0 Å². The van der Waals surface area contributed by atoms with Crippen LogP contribution in [0.3, 0.4) is 0 Å². The number of methoxy groups -OCH3 is 1. The van der Waals surface area contributed by atoms with E-state index >= 15 is 0 Å². The fourth-order valence-electron chi connectivity index (χ4n) is 3.30. The van der Waals surface area contributed by atoms with Crippen LogP contribution in [0.25, 0.3) is 11.5 Å². The van der Waals surface area contributed by atoms with Gasteiger partial charge >= 0.3 is 0 Å². The minimum absolute atomic E-state index is 0.0123. The van der Waals surface area contributed by atoms with Crippen LogP contribution in [0.2, 0.25) is 0 Å². The third-order valence-electron chi connectivity index (χ3n) is 5.07. The molecule has 15 heteroatoms. The summed E-state index contributed by atoms with van der Waals surface area (Å²) < 4.78 is 10.9. The lowest BCUT2D eigenvalue weighted by atomic mass is 9.49. The SMILES string of the molecule is BC(B)(B)NC(=O)c1nnc(NC(=O)C2CC2)cc1Nc1cccc(-c2nc(CN)no2)c1OC. The minimum atomic E-state index is -0.495. The van der Waals surface area contributed by atoms with E-state index in [0.29, 0.717) is 28.5 Å². The second kappa shape index (κ2) is 9.78. The third kappa shape index (κ3) is 5.80. The van der Waals surface area contributed by atoms with Crippen LogP contribution in [0.15, 0.2) is 28.8 Å². The van der Waals surface area contributed by atoms with E-state index in [0.717, 1.165) is 12.8 Å². The number of para-hydroxylation sites is 1. The maximum absolute atomic E-state index is 13.0. The van der Waals surface area contributed by atoms with Crippen LogP contribution in [-0.2, 0) is 11.3 Å². The quantitative estimate of drug-likeness (QED) is 0.263. The van der Waals surface area contributed by atoms with Gasteiger partial charge < -0.3 is 30.9 Å². The average molecular weight is 474 g/mol. The van der Waals surface area contributed by atoms with E-state index in [2.05, 4.69) is 36.3 Å².